The number of anilines is 2. The van der Waals surface area contributed by atoms with Gasteiger partial charge in [0.15, 0.2) is 10.1 Å². The first-order chi connectivity index (χ1) is 19.6. The van der Waals surface area contributed by atoms with E-state index in [-0.39, 0.29) is 28.7 Å². The number of benzene rings is 2. The van der Waals surface area contributed by atoms with Gasteiger partial charge >= 0.3 is 0 Å². The van der Waals surface area contributed by atoms with Gasteiger partial charge in [0.05, 0.1) is 35.4 Å². The molecule has 210 valence electrons. The first kappa shape index (κ1) is 28.7. The molecule has 0 saturated heterocycles. The molecule has 41 heavy (non-hydrogen) atoms. The first-order valence-corrected chi connectivity index (χ1v) is 14.9. The topological polar surface area (TPSA) is 134 Å². The van der Waals surface area contributed by atoms with Crippen LogP contribution in [0, 0.1) is 16.7 Å². The summed E-state index contributed by atoms with van der Waals surface area (Å²) in [6.07, 6.45) is 0.944. The maximum absolute atomic E-state index is 13.6. The third-order valence-corrected chi connectivity index (χ3v) is 9.20. The molecule has 3 aromatic rings. The largest absolute Gasteiger partial charge is 0.495 e. The molecule has 1 amide bonds. The minimum Gasteiger partial charge on any atom is -0.495 e. The Morgan fingerprint density at radius 1 is 1.27 bits per heavy atom. The molecule has 9 nitrogen and oxygen atoms in total. The molecule has 1 atom stereocenters. The van der Waals surface area contributed by atoms with Crippen LogP contribution in [0.4, 0.5) is 10.8 Å². The highest BCUT2D eigenvalue weighted by Crippen LogP contribution is 2.50. The Balaban J connectivity index is 1.42. The molecular weight excluding hydrogens is 580 g/mol. The van der Waals surface area contributed by atoms with E-state index >= 15 is 0 Å². The van der Waals surface area contributed by atoms with Gasteiger partial charge in [-0.15, -0.1) is 10.2 Å². The summed E-state index contributed by atoms with van der Waals surface area (Å²) in [6, 6.07) is 16.8. The fraction of sp³-hybridized carbons (Fsp3) is 0.276. The lowest BCUT2D eigenvalue weighted by Gasteiger charge is -2.42. The molecule has 5 rings (SSSR count). The molecule has 1 aromatic heterocycles. The molecule has 3 N–H and O–H groups in total. The van der Waals surface area contributed by atoms with Crippen molar-refractivity contribution in [3.63, 3.8) is 0 Å². The number of aromatic nitrogens is 2. The van der Waals surface area contributed by atoms with Crippen LogP contribution in [0.15, 0.2) is 75.5 Å². The first-order valence-electron chi connectivity index (χ1n) is 12.7. The van der Waals surface area contributed by atoms with Gasteiger partial charge in [-0.3, -0.25) is 14.5 Å². The molecule has 0 spiro atoms. The number of nitrogens with one attached hydrogen (secondary N) is 1. The van der Waals surface area contributed by atoms with Gasteiger partial charge in [-0.25, -0.2) is 0 Å². The van der Waals surface area contributed by atoms with Gasteiger partial charge in [0, 0.05) is 23.4 Å². The van der Waals surface area contributed by atoms with Crippen LogP contribution < -0.4 is 20.7 Å². The standard InChI is InChI=1S/C29H27ClN6O3S2/c1-29(2)12-20-25(21(37)13-29)24(16-7-5-4-6-8-16)18(14-31)26(32)36(20)27-34-35-28(41-27)40-15-23(38)33-17-9-10-22(39-3)19(30)11-17/h4-11,24H,12-13,15,32H2,1-3H3,(H,33,38). The fourth-order valence-corrected chi connectivity index (χ4v) is 7.06. The number of thioether (sulfide) groups is 1. The summed E-state index contributed by atoms with van der Waals surface area (Å²) in [4.78, 5) is 27.9. The van der Waals surface area contributed by atoms with Crippen LogP contribution >= 0.6 is 34.7 Å². The fourth-order valence-electron chi connectivity index (χ4n) is 5.13. The number of hydrogen-bond acceptors (Lipinski definition) is 10. The van der Waals surface area contributed by atoms with Gasteiger partial charge in [-0.05, 0) is 35.6 Å². The van der Waals surface area contributed by atoms with E-state index in [0.29, 0.717) is 49.9 Å². The number of amides is 1. The van der Waals surface area contributed by atoms with Gasteiger partial charge in [0.2, 0.25) is 11.0 Å². The molecule has 1 aliphatic heterocycles. The summed E-state index contributed by atoms with van der Waals surface area (Å²) in [5.41, 5.74) is 9.36. The van der Waals surface area contributed by atoms with Crippen LogP contribution in [0.1, 0.15) is 38.2 Å². The summed E-state index contributed by atoms with van der Waals surface area (Å²) in [5.74, 6) is 0.0304. The van der Waals surface area contributed by atoms with E-state index in [2.05, 4.69) is 21.6 Å². The number of carbonyl (C=O) groups is 2. The highest BCUT2D eigenvalue weighted by molar-refractivity contribution is 8.01. The van der Waals surface area contributed by atoms with Gasteiger partial charge in [-0.2, -0.15) is 5.26 Å². The van der Waals surface area contributed by atoms with Crippen molar-refractivity contribution in [2.24, 2.45) is 11.1 Å². The SMILES string of the molecule is COc1ccc(NC(=O)CSc2nnc(N3C(N)=C(C#N)C(c4ccccc4)C4=C3CC(C)(C)CC4=O)s2)cc1Cl. The average molecular weight is 607 g/mol. The molecule has 1 aliphatic carbocycles. The van der Waals surface area contributed by atoms with Crippen molar-refractivity contribution in [2.45, 2.75) is 36.9 Å². The van der Waals surface area contributed by atoms with Crippen molar-refractivity contribution >= 4 is 57.2 Å². The van der Waals surface area contributed by atoms with Gasteiger partial charge in [-0.1, -0.05) is 78.9 Å². The number of halogens is 1. The van der Waals surface area contributed by atoms with Crippen molar-refractivity contribution in [3.05, 3.63) is 81.8 Å². The zero-order valence-electron chi connectivity index (χ0n) is 22.6. The molecule has 0 radical (unpaired) electrons. The molecule has 2 aromatic carbocycles. The van der Waals surface area contributed by atoms with Gasteiger partial charge in [0.1, 0.15) is 11.6 Å². The number of nitrogens with zero attached hydrogens (tertiary/aromatic N) is 4. The smallest absolute Gasteiger partial charge is 0.234 e. The number of Topliss-reactive ketones (excluding diaryl/α,β-unsaturated/α-hetero) is 1. The molecule has 1 unspecified atom stereocenters. The second kappa shape index (κ2) is 11.6. The molecular formula is C29H27ClN6O3S2. The van der Waals surface area contributed by atoms with E-state index < -0.39 is 5.92 Å². The lowest BCUT2D eigenvalue weighted by atomic mass is 9.69. The number of hydrogen-bond donors (Lipinski definition) is 2. The minimum atomic E-state index is -0.548. The van der Waals surface area contributed by atoms with Crippen LogP contribution in [-0.4, -0.2) is 34.8 Å². The van der Waals surface area contributed by atoms with E-state index in [1.165, 1.54) is 30.2 Å². The minimum absolute atomic E-state index is 0.00947. The highest BCUT2D eigenvalue weighted by Gasteiger charge is 2.45. The maximum Gasteiger partial charge on any atom is 0.234 e. The van der Waals surface area contributed by atoms with E-state index in [9.17, 15) is 14.9 Å². The summed E-state index contributed by atoms with van der Waals surface area (Å²) >= 11 is 8.62. The number of ether oxygens (including phenoxy) is 1. The monoisotopic (exact) mass is 606 g/mol. The van der Waals surface area contributed by atoms with Crippen molar-refractivity contribution in [1.29, 1.82) is 5.26 Å². The van der Waals surface area contributed by atoms with E-state index in [1.807, 2.05) is 44.2 Å². The zero-order valence-corrected chi connectivity index (χ0v) is 25.0. The molecule has 0 saturated carbocycles. The number of nitriles is 1. The number of carbonyl (C=O) groups excluding carboxylic acids is 2. The summed E-state index contributed by atoms with van der Waals surface area (Å²) in [6.45, 7) is 4.08. The number of ketones is 1. The maximum atomic E-state index is 13.6. The number of methoxy groups -OCH3 is 1. The molecule has 12 heteroatoms. The lowest BCUT2D eigenvalue weighted by Crippen LogP contribution is -2.42. The van der Waals surface area contributed by atoms with Gasteiger partial charge in [0.25, 0.3) is 0 Å². The van der Waals surface area contributed by atoms with Crippen LogP contribution in [0.5, 0.6) is 5.75 Å². The number of allylic oxidation sites excluding steroid dienone is 3. The normalized spacial score (nSPS) is 18.2. The van der Waals surface area contributed by atoms with Crippen molar-refractivity contribution in [2.75, 3.05) is 23.1 Å². The third kappa shape index (κ3) is 5.81. The molecule has 0 bridgehead atoms. The van der Waals surface area contributed by atoms with E-state index in [0.717, 1.165) is 11.3 Å². The van der Waals surface area contributed by atoms with Crippen molar-refractivity contribution < 1.29 is 14.3 Å². The summed E-state index contributed by atoms with van der Waals surface area (Å²) < 4.78 is 5.69. The third-order valence-electron chi connectivity index (χ3n) is 6.86. The second-order valence-corrected chi connectivity index (χ2v) is 13.0. The Labute approximate surface area is 251 Å². The summed E-state index contributed by atoms with van der Waals surface area (Å²) in [7, 11) is 1.52. The Hall–Kier alpha value is -3.85. The lowest BCUT2D eigenvalue weighted by molar-refractivity contribution is -0.118. The van der Waals surface area contributed by atoms with Crippen LogP contribution in [-0.2, 0) is 9.59 Å². The molecule has 2 heterocycles. The second-order valence-electron chi connectivity index (χ2n) is 10.4. The Morgan fingerprint density at radius 3 is 2.71 bits per heavy atom. The Morgan fingerprint density at radius 2 is 2.02 bits per heavy atom. The highest BCUT2D eigenvalue weighted by atomic mass is 35.5. The van der Waals surface area contributed by atoms with Crippen molar-refractivity contribution in [1.82, 2.24) is 10.2 Å². The molecule has 2 aliphatic rings. The number of rotatable bonds is 7. The predicted octanol–water partition coefficient (Wildman–Crippen LogP) is 5.87. The van der Waals surface area contributed by atoms with Crippen LogP contribution in [0.3, 0.4) is 0 Å². The summed E-state index contributed by atoms with van der Waals surface area (Å²) in [5, 5.41) is 22.5. The van der Waals surface area contributed by atoms with Gasteiger partial charge < -0.3 is 15.8 Å². The Bertz CT molecular complexity index is 1630. The molecule has 0 fully saturated rings. The van der Waals surface area contributed by atoms with Crippen LogP contribution in [0.25, 0.3) is 0 Å². The quantitative estimate of drug-likeness (QED) is 0.316. The average Bonchev–Trinajstić information content (AvgIpc) is 3.39. The zero-order chi connectivity index (χ0) is 29.3. The number of nitrogens with two attached hydrogens (primary N) is 1. The predicted molar refractivity (Wildman–Crippen MR) is 161 cm³/mol. The van der Waals surface area contributed by atoms with E-state index in [4.69, 9.17) is 22.1 Å². The Kier molecular flexibility index (Phi) is 8.09. The van der Waals surface area contributed by atoms with Crippen LogP contribution in [0.2, 0.25) is 5.02 Å². The van der Waals surface area contributed by atoms with E-state index in [1.54, 1.807) is 23.1 Å². The van der Waals surface area contributed by atoms with Crippen molar-refractivity contribution in [3.8, 4) is 11.8 Å².